The first-order valence-corrected chi connectivity index (χ1v) is 11.6. The second-order valence-corrected chi connectivity index (χ2v) is 9.23. The van der Waals surface area contributed by atoms with Crippen LogP contribution in [-0.4, -0.2) is 63.0 Å². The number of piperidine rings is 1. The van der Waals surface area contributed by atoms with Gasteiger partial charge in [0.25, 0.3) is 11.8 Å². The van der Waals surface area contributed by atoms with Gasteiger partial charge in [-0.3, -0.25) is 19.1 Å². The molecule has 9 heteroatoms. The van der Waals surface area contributed by atoms with Crippen molar-refractivity contribution in [3.05, 3.63) is 52.6 Å². The largest absolute Gasteiger partial charge is 0.353 e. The Labute approximate surface area is 191 Å². The molecule has 5 rings (SSSR count). The molecule has 3 aliphatic rings. The van der Waals surface area contributed by atoms with Crippen molar-refractivity contribution in [2.75, 3.05) is 19.6 Å². The van der Waals surface area contributed by atoms with E-state index in [1.54, 1.807) is 33.7 Å². The Kier molecular flexibility index (Phi) is 5.64. The third-order valence-electron chi connectivity index (χ3n) is 6.84. The maximum Gasteiger partial charge on any atom is 0.274 e. The van der Waals surface area contributed by atoms with Gasteiger partial charge in [0.2, 0.25) is 5.91 Å². The maximum absolute atomic E-state index is 14.2. The van der Waals surface area contributed by atoms with E-state index in [9.17, 15) is 18.8 Å². The highest BCUT2D eigenvalue weighted by Gasteiger charge is 2.36. The summed E-state index contributed by atoms with van der Waals surface area (Å²) in [6.45, 7) is 1.59. The lowest BCUT2D eigenvalue weighted by molar-refractivity contribution is -0.126. The van der Waals surface area contributed by atoms with Gasteiger partial charge < -0.3 is 15.1 Å². The van der Waals surface area contributed by atoms with Crippen LogP contribution in [0.15, 0.2) is 24.3 Å². The molecule has 3 amide bonds. The molecule has 1 N–H and O–H groups in total. The average Bonchev–Trinajstić information content (AvgIpc) is 3.59. The number of benzene rings is 1. The number of rotatable bonds is 4. The van der Waals surface area contributed by atoms with Crippen molar-refractivity contribution < 1.29 is 18.8 Å². The second kappa shape index (κ2) is 8.61. The third kappa shape index (κ3) is 4.24. The maximum atomic E-state index is 14.2. The quantitative estimate of drug-likeness (QED) is 0.766. The summed E-state index contributed by atoms with van der Waals surface area (Å²) in [5.74, 6) is -1.34. The van der Waals surface area contributed by atoms with Gasteiger partial charge in [0.15, 0.2) is 5.69 Å². The normalized spacial score (nSPS) is 20.4. The lowest BCUT2D eigenvalue weighted by Crippen LogP contribution is -2.46. The van der Waals surface area contributed by atoms with Gasteiger partial charge in [-0.15, -0.1) is 0 Å². The Bertz CT molecular complexity index is 1110. The van der Waals surface area contributed by atoms with E-state index in [1.165, 1.54) is 12.1 Å². The monoisotopic (exact) mass is 453 g/mol. The number of nitrogens with one attached hydrogen (secondary N) is 1. The molecule has 2 fully saturated rings. The molecule has 1 saturated heterocycles. The lowest BCUT2D eigenvalue weighted by Gasteiger charge is -2.32. The van der Waals surface area contributed by atoms with E-state index in [4.69, 9.17) is 0 Å². The molecule has 174 valence electrons. The first-order valence-electron chi connectivity index (χ1n) is 11.6. The summed E-state index contributed by atoms with van der Waals surface area (Å²) in [5, 5.41) is 7.54. The number of aromatic nitrogens is 2. The summed E-state index contributed by atoms with van der Waals surface area (Å²) < 4.78 is 15.9. The Morgan fingerprint density at radius 3 is 2.61 bits per heavy atom. The molecule has 0 bridgehead atoms. The van der Waals surface area contributed by atoms with Gasteiger partial charge in [-0.25, -0.2) is 4.39 Å². The number of carbonyl (C=O) groups excluding carboxylic acids is 3. The molecule has 0 spiro atoms. The first-order chi connectivity index (χ1) is 15.9. The van der Waals surface area contributed by atoms with Crippen LogP contribution in [0.4, 0.5) is 4.39 Å². The minimum Gasteiger partial charge on any atom is -0.353 e. The number of amides is 3. The molecule has 1 saturated carbocycles. The van der Waals surface area contributed by atoms with Gasteiger partial charge >= 0.3 is 0 Å². The molecule has 1 aromatic heterocycles. The van der Waals surface area contributed by atoms with Crippen molar-refractivity contribution in [2.24, 2.45) is 13.0 Å². The molecule has 2 aliphatic heterocycles. The number of fused-ring (bicyclic) bond motifs is 1. The molecule has 1 aromatic carbocycles. The van der Waals surface area contributed by atoms with Gasteiger partial charge in [-0.05, 0) is 37.8 Å². The molecule has 1 atom stereocenters. The van der Waals surface area contributed by atoms with Gasteiger partial charge in [0.05, 0.1) is 18.0 Å². The summed E-state index contributed by atoms with van der Waals surface area (Å²) in [4.78, 5) is 42.2. The number of likely N-dealkylation sites (tertiary alicyclic amines) is 1. The van der Waals surface area contributed by atoms with Crippen LogP contribution in [0.1, 0.15) is 57.8 Å². The van der Waals surface area contributed by atoms with Gasteiger partial charge in [0, 0.05) is 50.4 Å². The van der Waals surface area contributed by atoms with Crippen molar-refractivity contribution in [2.45, 2.75) is 44.7 Å². The Balaban J connectivity index is 1.34. The summed E-state index contributed by atoms with van der Waals surface area (Å²) in [6, 6.07) is 6.23. The van der Waals surface area contributed by atoms with Crippen LogP contribution in [0.25, 0.3) is 0 Å². The number of hydrogen-bond acceptors (Lipinski definition) is 4. The molecule has 0 unspecified atom stereocenters. The van der Waals surface area contributed by atoms with E-state index in [0.717, 1.165) is 31.4 Å². The SMILES string of the molecule is Cn1nc(C(=O)N2CCC[C@H](C(=O)NC3CC3)C2)c2c1CCN(C(=O)c1ccccc1F)C2. The Hall–Kier alpha value is -3.23. The fourth-order valence-electron chi connectivity index (χ4n) is 4.81. The van der Waals surface area contributed by atoms with Crippen LogP contribution in [-0.2, 0) is 24.8 Å². The van der Waals surface area contributed by atoms with Gasteiger partial charge in [-0.1, -0.05) is 12.1 Å². The topological polar surface area (TPSA) is 87.5 Å². The van der Waals surface area contributed by atoms with Crippen LogP contribution in [0.2, 0.25) is 0 Å². The van der Waals surface area contributed by atoms with Crippen LogP contribution in [0, 0.1) is 11.7 Å². The fraction of sp³-hybridized carbons (Fsp3) is 0.500. The smallest absolute Gasteiger partial charge is 0.274 e. The predicted octanol–water partition coefficient (Wildman–Crippen LogP) is 1.89. The average molecular weight is 454 g/mol. The zero-order valence-corrected chi connectivity index (χ0v) is 18.7. The minimum absolute atomic E-state index is 0.0262. The molecular formula is C24H28FN5O3. The van der Waals surface area contributed by atoms with E-state index in [2.05, 4.69) is 10.4 Å². The molecule has 3 heterocycles. The van der Waals surface area contributed by atoms with Gasteiger partial charge in [-0.2, -0.15) is 5.10 Å². The molecule has 1 aliphatic carbocycles. The fourth-order valence-corrected chi connectivity index (χ4v) is 4.81. The summed E-state index contributed by atoms with van der Waals surface area (Å²) in [6.07, 6.45) is 4.14. The van der Waals surface area contributed by atoms with E-state index < -0.39 is 11.7 Å². The number of aryl methyl sites for hydroxylation is 1. The lowest BCUT2D eigenvalue weighted by atomic mass is 9.96. The molecular weight excluding hydrogens is 425 g/mol. The second-order valence-electron chi connectivity index (χ2n) is 9.23. The highest BCUT2D eigenvalue weighted by atomic mass is 19.1. The summed E-state index contributed by atoms with van der Waals surface area (Å²) in [5.41, 5.74) is 1.97. The number of halogens is 1. The first kappa shape index (κ1) is 21.6. The van der Waals surface area contributed by atoms with Gasteiger partial charge in [0.1, 0.15) is 5.82 Å². The zero-order valence-electron chi connectivity index (χ0n) is 18.7. The van der Waals surface area contributed by atoms with E-state index in [-0.39, 0.29) is 29.8 Å². The van der Waals surface area contributed by atoms with Crippen molar-refractivity contribution in [3.63, 3.8) is 0 Å². The van der Waals surface area contributed by atoms with Crippen molar-refractivity contribution in [3.8, 4) is 0 Å². The standard InChI is InChI=1S/C24H28FN5O3/c1-28-20-10-12-30(23(32)17-6-2-3-7-19(17)25)14-18(20)21(27-28)24(33)29-11-4-5-15(13-29)22(31)26-16-8-9-16/h2-3,6-7,15-16H,4-5,8-14H2,1H3,(H,26,31)/t15-/m0/s1. The molecule has 33 heavy (non-hydrogen) atoms. The Morgan fingerprint density at radius 2 is 1.85 bits per heavy atom. The van der Waals surface area contributed by atoms with Crippen LogP contribution in [0.3, 0.4) is 0 Å². The number of carbonyl (C=O) groups is 3. The summed E-state index contributed by atoms with van der Waals surface area (Å²) >= 11 is 0. The molecule has 8 nitrogen and oxygen atoms in total. The van der Waals surface area contributed by atoms with Crippen molar-refractivity contribution >= 4 is 17.7 Å². The molecule has 2 aromatic rings. The summed E-state index contributed by atoms with van der Waals surface area (Å²) in [7, 11) is 1.80. The molecule has 0 radical (unpaired) electrons. The predicted molar refractivity (Wildman–Crippen MR) is 118 cm³/mol. The number of nitrogens with zero attached hydrogens (tertiary/aromatic N) is 4. The Morgan fingerprint density at radius 1 is 1.06 bits per heavy atom. The highest BCUT2D eigenvalue weighted by Crippen LogP contribution is 2.27. The number of hydrogen-bond donors (Lipinski definition) is 1. The van der Waals surface area contributed by atoms with E-state index in [1.807, 2.05) is 0 Å². The zero-order chi connectivity index (χ0) is 23.1. The minimum atomic E-state index is -0.556. The van der Waals surface area contributed by atoms with E-state index in [0.29, 0.717) is 43.4 Å². The van der Waals surface area contributed by atoms with Crippen LogP contribution in [0.5, 0.6) is 0 Å². The van der Waals surface area contributed by atoms with Crippen LogP contribution < -0.4 is 5.32 Å². The van der Waals surface area contributed by atoms with Crippen molar-refractivity contribution in [1.29, 1.82) is 0 Å². The third-order valence-corrected chi connectivity index (χ3v) is 6.84. The van der Waals surface area contributed by atoms with E-state index >= 15 is 0 Å². The van der Waals surface area contributed by atoms with Crippen molar-refractivity contribution in [1.82, 2.24) is 24.9 Å². The van der Waals surface area contributed by atoms with Crippen LogP contribution >= 0.6 is 0 Å². The highest BCUT2D eigenvalue weighted by molar-refractivity contribution is 5.96.